The van der Waals surface area contributed by atoms with Gasteiger partial charge in [0.2, 0.25) is 5.91 Å². The molecule has 5 unspecified atom stereocenters. The fourth-order valence-electron chi connectivity index (χ4n) is 3.97. The van der Waals surface area contributed by atoms with Crippen LogP contribution in [0.15, 0.2) is 11.8 Å². The Morgan fingerprint density at radius 2 is 2.11 bits per heavy atom. The summed E-state index contributed by atoms with van der Waals surface area (Å²) in [6, 6.07) is 0. The third-order valence-corrected chi connectivity index (χ3v) is 5.52. The van der Waals surface area contributed by atoms with Crippen LogP contribution >= 0.6 is 0 Å². The second kappa shape index (κ2) is 9.82. The van der Waals surface area contributed by atoms with Crippen LogP contribution in [-0.4, -0.2) is 65.9 Å². The predicted octanol–water partition coefficient (Wildman–Crippen LogP) is -0.312. The molecule has 0 spiro atoms. The maximum atomic E-state index is 14.1. The van der Waals surface area contributed by atoms with Gasteiger partial charge in [-0.05, 0) is 44.4 Å². The number of amides is 1. The normalized spacial score (nSPS) is 32.9. The zero-order valence-electron chi connectivity index (χ0n) is 16.5. The highest BCUT2D eigenvalue weighted by Crippen LogP contribution is 2.35. The molecule has 156 valence electrons. The third-order valence-electron chi connectivity index (χ3n) is 5.52. The summed E-state index contributed by atoms with van der Waals surface area (Å²) in [7, 11) is 0. The van der Waals surface area contributed by atoms with Crippen molar-refractivity contribution in [3.8, 4) is 0 Å². The lowest BCUT2D eigenvalue weighted by atomic mass is 9.75. The number of hydrogen-bond donors (Lipinski definition) is 5. The van der Waals surface area contributed by atoms with E-state index >= 15 is 0 Å². The van der Waals surface area contributed by atoms with Crippen molar-refractivity contribution in [2.24, 2.45) is 23.3 Å². The molecule has 0 bridgehead atoms. The summed E-state index contributed by atoms with van der Waals surface area (Å²) in [4.78, 5) is 12.0. The molecule has 1 aliphatic carbocycles. The number of ether oxygens (including phenoxy) is 1. The minimum absolute atomic E-state index is 0.141. The average molecular weight is 388 g/mol. The number of rotatable bonds is 8. The molecule has 1 amide bonds. The molecule has 27 heavy (non-hydrogen) atoms. The fourth-order valence-corrected chi connectivity index (χ4v) is 3.97. The van der Waals surface area contributed by atoms with Crippen molar-refractivity contribution in [2.75, 3.05) is 26.2 Å². The molecule has 0 aromatic rings. The number of nitrogens with two attached hydrogens (primary N) is 2. The van der Waals surface area contributed by atoms with Gasteiger partial charge >= 0.3 is 0 Å². The molecule has 2 aliphatic rings. The van der Waals surface area contributed by atoms with E-state index in [-0.39, 0.29) is 24.0 Å². The molecule has 5 atom stereocenters. The van der Waals surface area contributed by atoms with Gasteiger partial charge in [0.25, 0.3) is 0 Å². The Morgan fingerprint density at radius 3 is 2.70 bits per heavy atom. The molecule has 0 radical (unpaired) electrons. The van der Waals surface area contributed by atoms with E-state index in [9.17, 15) is 14.3 Å². The van der Waals surface area contributed by atoms with Gasteiger partial charge in [0, 0.05) is 39.0 Å². The maximum absolute atomic E-state index is 14.1. The Bertz CT molecular complexity index is 524. The van der Waals surface area contributed by atoms with Crippen LogP contribution in [0.2, 0.25) is 0 Å². The van der Waals surface area contributed by atoms with E-state index in [1.54, 1.807) is 13.8 Å². The summed E-state index contributed by atoms with van der Waals surface area (Å²) >= 11 is 0. The second-order valence-corrected chi connectivity index (χ2v) is 8.43. The van der Waals surface area contributed by atoms with Crippen LogP contribution in [-0.2, 0) is 4.79 Å². The van der Waals surface area contributed by atoms with Gasteiger partial charge in [-0.2, -0.15) is 0 Å². The van der Waals surface area contributed by atoms with Crippen molar-refractivity contribution >= 4 is 5.91 Å². The van der Waals surface area contributed by atoms with Crippen molar-refractivity contribution < 1.29 is 19.0 Å². The van der Waals surface area contributed by atoms with Gasteiger partial charge in [-0.25, -0.2) is 4.39 Å². The van der Waals surface area contributed by atoms with Crippen molar-refractivity contribution in [3.63, 3.8) is 0 Å². The van der Waals surface area contributed by atoms with E-state index in [0.29, 0.717) is 38.9 Å². The molecule has 1 aliphatic heterocycles. The predicted molar refractivity (Wildman–Crippen MR) is 104 cm³/mol. The fraction of sp³-hybridized carbons (Fsp3) is 0.842. The zero-order valence-corrected chi connectivity index (χ0v) is 16.5. The minimum atomic E-state index is -1.00. The number of carbonyl (C=O) groups excluding carboxylic acids is 1. The second-order valence-electron chi connectivity index (χ2n) is 8.43. The van der Waals surface area contributed by atoms with E-state index in [4.69, 9.17) is 11.5 Å². The summed E-state index contributed by atoms with van der Waals surface area (Å²) in [6.45, 7) is 5.30. The SMILES string of the molecule is CC(C)(O)CN/C=C(\CN)C1CCC([OH+]C2CCNCC2F)C(C(N)=O)C1. The first-order chi connectivity index (χ1) is 12.7. The van der Waals surface area contributed by atoms with E-state index in [2.05, 4.69) is 15.4 Å². The highest BCUT2D eigenvalue weighted by atomic mass is 19.1. The number of hydrogen-bond acceptors (Lipinski definition) is 5. The van der Waals surface area contributed by atoms with Crippen LogP contribution in [0.3, 0.4) is 0 Å². The van der Waals surface area contributed by atoms with E-state index in [1.807, 2.05) is 6.20 Å². The average Bonchev–Trinajstić information content (AvgIpc) is 2.60. The largest absolute Gasteiger partial charge is 0.426 e. The molecular weight excluding hydrogens is 351 g/mol. The molecule has 8 N–H and O–H groups in total. The summed E-state index contributed by atoms with van der Waals surface area (Å²) in [5.41, 5.74) is 11.8. The van der Waals surface area contributed by atoms with Gasteiger partial charge in [0.05, 0.1) is 5.60 Å². The van der Waals surface area contributed by atoms with Crippen LogP contribution in [0.1, 0.15) is 39.5 Å². The lowest BCUT2D eigenvalue weighted by Gasteiger charge is -2.36. The molecule has 2 rings (SSSR count). The monoisotopic (exact) mass is 387 g/mol. The van der Waals surface area contributed by atoms with E-state index < -0.39 is 17.7 Å². The summed E-state index contributed by atoms with van der Waals surface area (Å²) in [6.07, 6.45) is 3.06. The first-order valence-electron chi connectivity index (χ1n) is 9.90. The van der Waals surface area contributed by atoms with Crippen molar-refractivity contribution in [1.82, 2.24) is 10.6 Å². The molecule has 1 saturated heterocycles. The number of halogens is 1. The topological polar surface area (TPSA) is 126 Å². The van der Waals surface area contributed by atoms with Crippen molar-refractivity contribution in [1.29, 1.82) is 0 Å². The summed E-state index contributed by atoms with van der Waals surface area (Å²) < 4.78 is 18.8. The number of aliphatic hydroxyl groups is 3. The molecule has 1 heterocycles. The molecule has 1 saturated carbocycles. The van der Waals surface area contributed by atoms with E-state index in [1.165, 1.54) is 0 Å². The first-order valence-corrected chi connectivity index (χ1v) is 9.90. The molecular formula is C19H36FN4O3+. The Labute approximate surface area is 161 Å². The van der Waals surface area contributed by atoms with Crippen molar-refractivity contribution in [3.05, 3.63) is 11.8 Å². The standard InChI is InChI=1S/C19H35FN4O3/c1-19(2,26)11-24-9-13(8-21)12-3-4-16(14(7-12)18(22)25)27-17-5-6-23-10-15(17)20/h9,12,14-17,23-24,26H,3-8,10-11,21H2,1-2H3,(H2,22,25)/p+1/b13-9+. The highest BCUT2D eigenvalue weighted by Gasteiger charge is 2.42. The quantitative estimate of drug-likeness (QED) is 0.365. The zero-order chi connectivity index (χ0) is 20.0. The number of carbonyl (C=O) groups is 1. The van der Waals surface area contributed by atoms with Gasteiger partial charge in [-0.1, -0.05) is 0 Å². The van der Waals surface area contributed by atoms with Crippen LogP contribution in [0.4, 0.5) is 4.39 Å². The smallest absolute Gasteiger partial charge is 0.228 e. The Morgan fingerprint density at radius 1 is 1.37 bits per heavy atom. The van der Waals surface area contributed by atoms with Gasteiger partial charge in [-0.15, -0.1) is 0 Å². The molecule has 0 aromatic carbocycles. The van der Waals surface area contributed by atoms with Gasteiger partial charge in [0.1, 0.15) is 5.92 Å². The molecule has 2 fully saturated rings. The number of piperidine rings is 1. The van der Waals surface area contributed by atoms with Crippen LogP contribution in [0.5, 0.6) is 0 Å². The summed E-state index contributed by atoms with van der Waals surface area (Å²) in [5, 5.41) is 15.9. The third kappa shape index (κ3) is 6.71. The van der Waals surface area contributed by atoms with Gasteiger partial charge < -0.3 is 31.9 Å². The van der Waals surface area contributed by atoms with Gasteiger partial charge in [-0.3, -0.25) is 4.79 Å². The van der Waals surface area contributed by atoms with Crippen LogP contribution in [0, 0.1) is 11.8 Å². The first kappa shape index (κ1) is 22.1. The molecule has 7 nitrogen and oxygen atoms in total. The maximum Gasteiger partial charge on any atom is 0.228 e. The summed E-state index contributed by atoms with van der Waals surface area (Å²) in [5.74, 6) is -0.629. The molecule has 0 aromatic heterocycles. The number of alkyl halides is 1. The lowest BCUT2D eigenvalue weighted by Crippen LogP contribution is -2.50. The molecule has 8 heteroatoms. The van der Waals surface area contributed by atoms with E-state index in [0.717, 1.165) is 18.5 Å². The van der Waals surface area contributed by atoms with Crippen LogP contribution in [0.25, 0.3) is 0 Å². The number of nitrogens with one attached hydrogen (secondary N) is 2. The Balaban J connectivity index is 1.99. The Hall–Kier alpha value is -1.22. The van der Waals surface area contributed by atoms with Gasteiger partial charge in [0.15, 0.2) is 18.4 Å². The lowest BCUT2D eigenvalue weighted by molar-refractivity contribution is -0.217. The minimum Gasteiger partial charge on any atom is -0.426 e. The Kier molecular flexibility index (Phi) is 8.03. The van der Waals surface area contributed by atoms with Crippen LogP contribution < -0.4 is 22.1 Å². The van der Waals surface area contributed by atoms with Crippen molar-refractivity contribution in [2.45, 2.75) is 63.5 Å². The highest BCUT2D eigenvalue weighted by molar-refractivity contribution is 5.77. The number of primary amides is 1.